The van der Waals surface area contributed by atoms with E-state index in [1.54, 1.807) is 10.4 Å². The summed E-state index contributed by atoms with van der Waals surface area (Å²) in [7, 11) is -1.61. The van der Waals surface area contributed by atoms with Gasteiger partial charge in [-0.25, -0.2) is 0 Å². The van der Waals surface area contributed by atoms with Gasteiger partial charge in [0.1, 0.15) is 0 Å². The molecular weight excluding hydrogens is 423 g/mol. The van der Waals surface area contributed by atoms with E-state index in [-0.39, 0.29) is 58.9 Å². The van der Waals surface area contributed by atoms with E-state index in [9.17, 15) is 0 Å². The SMILES string of the molecule is CCCC[Si](C)(c1ccccc1)c1cc2ccccc2[cH-]1.[Cl-].[Cl-].[Cl-].[Ti+4]. The molecule has 0 saturated heterocycles. The Balaban J connectivity index is 0. The summed E-state index contributed by atoms with van der Waals surface area (Å²) in [6.45, 7) is 4.83. The molecule has 0 fully saturated rings. The van der Waals surface area contributed by atoms with E-state index in [0.717, 1.165) is 0 Å². The molecule has 0 aliphatic heterocycles. The molecule has 0 nitrogen and oxygen atoms in total. The Morgan fingerprint density at radius 3 is 2.08 bits per heavy atom. The third-order valence-corrected chi connectivity index (χ3v) is 9.22. The molecule has 1 atom stereocenters. The van der Waals surface area contributed by atoms with Crippen LogP contribution in [0.25, 0.3) is 10.8 Å². The molecule has 25 heavy (non-hydrogen) atoms. The molecular formula is C20H23Cl3SiTi. The number of fused-ring (bicyclic) bond motifs is 1. The van der Waals surface area contributed by atoms with Crippen LogP contribution in [-0.2, 0) is 21.7 Å². The van der Waals surface area contributed by atoms with E-state index >= 15 is 0 Å². The molecule has 132 valence electrons. The minimum absolute atomic E-state index is 0. The largest absolute Gasteiger partial charge is 4.00 e. The summed E-state index contributed by atoms with van der Waals surface area (Å²) in [5, 5.41) is 5.93. The van der Waals surface area contributed by atoms with E-state index in [1.807, 2.05) is 0 Å². The molecule has 3 rings (SSSR count). The van der Waals surface area contributed by atoms with E-state index in [0.29, 0.717) is 0 Å². The van der Waals surface area contributed by atoms with Gasteiger partial charge in [0.2, 0.25) is 0 Å². The van der Waals surface area contributed by atoms with Gasteiger partial charge in [-0.1, -0.05) is 73.9 Å². The van der Waals surface area contributed by atoms with Gasteiger partial charge in [-0.05, 0) is 0 Å². The molecule has 0 saturated carbocycles. The van der Waals surface area contributed by atoms with Gasteiger partial charge in [0.05, 0.1) is 8.07 Å². The molecule has 0 amide bonds. The van der Waals surface area contributed by atoms with Crippen molar-refractivity contribution in [2.24, 2.45) is 0 Å². The number of rotatable bonds is 5. The van der Waals surface area contributed by atoms with Crippen molar-refractivity contribution in [3.05, 3.63) is 66.7 Å². The number of unbranched alkanes of at least 4 members (excludes halogenated alkanes) is 1. The number of halogens is 3. The number of hydrogen-bond donors (Lipinski definition) is 0. The summed E-state index contributed by atoms with van der Waals surface area (Å²) in [5.74, 6) is 0. The molecule has 3 aromatic carbocycles. The van der Waals surface area contributed by atoms with Gasteiger partial charge in [-0.15, -0.1) is 34.8 Å². The van der Waals surface area contributed by atoms with Crippen molar-refractivity contribution < 1.29 is 58.9 Å². The first-order chi connectivity index (χ1) is 10.2. The first-order valence-corrected chi connectivity index (χ1v) is 10.7. The summed E-state index contributed by atoms with van der Waals surface area (Å²) in [6, 6.07) is 26.1. The minimum atomic E-state index is -1.61. The van der Waals surface area contributed by atoms with Gasteiger partial charge in [0.25, 0.3) is 0 Å². The Morgan fingerprint density at radius 1 is 0.880 bits per heavy atom. The quantitative estimate of drug-likeness (QED) is 0.275. The Labute approximate surface area is 186 Å². The van der Waals surface area contributed by atoms with Crippen LogP contribution in [0.1, 0.15) is 19.8 Å². The molecule has 0 aliphatic rings. The van der Waals surface area contributed by atoms with E-state index < -0.39 is 8.07 Å². The van der Waals surface area contributed by atoms with Gasteiger partial charge in [-0.3, -0.25) is 0 Å². The van der Waals surface area contributed by atoms with Gasteiger partial charge in [0, 0.05) is 0 Å². The predicted octanol–water partition coefficient (Wildman–Crippen LogP) is -4.44. The Hall–Kier alpha value is -0.149. The van der Waals surface area contributed by atoms with Crippen molar-refractivity contribution >= 4 is 29.2 Å². The first-order valence-electron chi connectivity index (χ1n) is 7.95. The smallest absolute Gasteiger partial charge is 1.00 e. The third kappa shape index (κ3) is 5.92. The van der Waals surface area contributed by atoms with Crippen LogP contribution in [0.2, 0.25) is 12.6 Å². The van der Waals surface area contributed by atoms with Crippen molar-refractivity contribution in [3.63, 3.8) is 0 Å². The van der Waals surface area contributed by atoms with Gasteiger partial charge in [0.15, 0.2) is 0 Å². The zero-order valence-corrected chi connectivity index (χ0v) is 19.4. The third-order valence-electron chi connectivity index (χ3n) is 4.70. The Bertz CT molecular complexity index is 697. The van der Waals surface area contributed by atoms with Crippen LogP contribution in [0.3, 0.4) is 0 Å². The summed E-state index contributed by atoms with van der Waals surface area (Å²) >= 11 is 0. The van der Waals surface area contributed by atoms with Crippen LogP contribution in [0, 0.1) is 0 Å². The molecule has 0 aromatic heterocycles. The van der Waals surface area contributed by atoms with Crippen molar-refractivity contribution in [1.82, 2.24) is 0 Å². The van der Waals surface area contributed by atoms with Crippen molar-refractivity contribution in [2.75, 3.05) is 0 Å². The summed E-state index contributed by atoms with van der Waals surface area (Å²) in [6.07, 6.45) is 2.59. The number of hydrogen-bond acceptors (Lipinski definition) is 0. The average Bonchev–Trinajstić information content (AvgIpc) is 2.98. The second-order valence-electron chi connectivity index (χ2n) is 6.17. The fraction of sp³-hybridized carbons (Fsp3) is 0.250. The Kier molecular flexibility index (Phi) is 13.3. The fourth-order valence-corrected chi connectivity index (χ4v) is 7.11. The maximum absolute atomic E-state index is 2.53. The molecule has 0 heterocycles. The molecule has 1 unspecified atom stereocenters. The topological polar surface area (TPSA) is 0 Å². The molecule has 0 bridgehead atoms. The molecule has 0 aliphatic carbocycles. The van der Waals surface area contributed by atoms with Gasteiger partial charge < -0.3 is 37.2 Å². The molecule has 0 radical (unpaired) electrons. The second kappa shape index (κ2) is 12.3. The molecule has 0 spiro atoms. The fourth-order valence-electron chi connectivity index (χ4n) is 3.26. The summed E-state index contributed by atoms with van der Waals surface area (Å²) in [4.78, 5) is 0. The number of benzene rings is 2. The molecule has 3 aromatic rings. The van der Waals surface area contributed by atoms with Gasteiger partial charge in [-0.2, -0.15) is 11.5 Å². The van der Waals surface area contributed by atoms with E-state index in [1.165, 1.54) is 29.7 Å². The first kappa shape index (κ1) is 27.1. The predicted molar refractivity (Wildman–Crippen MR) is 96.6 cm³/mol. The maximum Gasteiger partial charge on any atom is 4.00 e. The van der Waals surface area contributed by atoms with Crippen LogP contribution in [0.5, 0.6) is 0 Å². The monoisotopic (exact) mass is 444 g/mol. The summed E-state index contributed by atoms with van der Waals surface area (Å²) < 4.78 is 0. The zero-order valence-electron chi connectivity index (χ0n) is 14.6. The average molecular weight is 446 g/mol. The van der Waals surface area contributed by atoms with E-state index in [4.69, 9.17) is 0 Å². The normalized spacial score (nSPS) is 11.9. The van der Waals surface area contributed by atoms with Crippen LogP contribution in [-0.4, -0.2) is 8.07 Å². The maximum atomic E-state index is 2.53. The van der Waals surface area contributed by atoms with Crippen molar-refractivity contribution in [1.29, 1.82) is 0 Å². The van der Waals surface area contributed by atoms with Crippen LogP contribution in [0.15, 0.2) is 66.7 Å². The minimum Gasteiger partial charge on any atom is -1.00 e. The molecule has 0 N–H and O–H groups in total. The Morgan fingerprint density at radius 2 is 1.48 bits per heavy atom. The van der Waals surface area contributed by atoms with Gasteiger partial charge >= 0.3 is 21.7 Å². The van der Waals surface area contributed by atoms with Crippen molar-refractivity contribution in [2.45, 2.75) is 32.4 Å². The van der Waals surface area contributed by atoms with E-state index in [2.05, 4.69) is 80.2 Å². The standard InChI is InChI=1S/C20H23Si.3ClH.Ti/c1-3-4-14-21(2,19-12-6-5-7-13-19)20-15-17-10-8-9-11-18(17)16-20;;;;/h5-13,15-16H,3-4,14H2,1-2H3;3*1H;/q-1;;;;+4/p-3. The van der Waals surface area contributed by atoms with Crippen LogP contribution in [0.4, 0.5) is 0 Å². The van der Waals surface area contributed by atoms with Crippen LogP contribution >= 0.6 is 0 Å². The van der Waals surface area contributed by atoms with Crippen molar-refractivity contribution in [3.8, 4) is 0 Å². The molecule has 5 heteroatoms. The second-order valence-corrected chi connectivity index (χ2v) is 10.5. The summed E-state index contributed by atoms with van der Waals surface area (Å²) in [5.41, 5.74) is 0. The zero-order chi connectivity index (χ0) is 14.7. The van der Waals surface area contributed by atoms with Crippen LogP contribution < -0.4 is 47.6 Å².